The summed E-state index contributed by atoms with van der Waals surface area (Å²) in [6.07, 6.45) is 0. The molecule has 0 spiro atoms. The Labute approximate surface area is 105 Å². The molecule has 0 fully saturated rings. The molecule has 0 bridgehead atoms. The highest BCUT2D eigenvalue weighted by Gasteiger charge is 2.17. The second kappa shape index (κ2) is 5.14. The molecule has 4 heteroatoms. The van der Waals surface area contributed by atoms with Gasteiger partial charge in [-0.3, -0.25) is 4.98 Å². The number of ether oxygens (including phenoxy) is 1. The first kappa shape index (κ1) is 12.5. The minimum Gasteiger partial charge on any atom is -0.494 e. The molecule has 1 atom stereocenters. The lowest BCUT2D eigenvalue weighted by atomic mass is 10.0. The maximum Gasteiger partial charge on any atom is 0.170 e. The molecule has 0 aliphatic carbocycles. The van der Waals surface area contributed by atoms with Crippen LogP contribution in [-0.4, -0.2) is 12.1 Å². The molecular weight excluding hydrogens is 231 g/mol. The van der Waals surface area contributed by atoms with Crippen molar-refractivity contribution in [1.82, 2.24) is 4.98 Å². The van der Waals surface area contributed by atoms with Gasteiger partial charge in [-0.1, -0.05) is 18.2 Å². The van der Waals surface area contributed by atoms with Crippen LogP contribution < -0.4 is 10.5 Å². The number of hydrogen-bond acceptors (Lipinski definition) is 3. The van der Waals surface area contributed by atoms with Crippen molar-refractivity contribution in [3.63, 3.8) is 0 Å². The van der Waals surface area contributed by atoms with Crippen LogP contribution in [0.3, 0.4) is 0 Å². The molecule has 2 N–H and O–H groups in total. The highest BCUT2D eigenvalue weighted by molar-refractivity contribution is 5.36. The minimum atomic E-state index is -0.597. The quantitative estimate of drug-likeness (QED) is 0.905. The highest BCUT2D eigenvalue weighted by Crippen LogP contribution is 2.26. The lowest BCUT2D eigenvalue weighted by Crippen LogP contribution is -2.15. The molecular formula is C14H15FN2O. The summed E-state index contributed by atoms with van der Waals surface area (Å²) in [6, 6.07) is 9.85. The molecule has 0 aliphatic rings. The van der Waals surface area contributed by atoms with Gasteiger partial charge in [0.05, 0.1) is 18.8 Å². The molecule has 18 heavy (non-hydrogen) atoms. The van der Waals surface area contributed by atoms with E-state index in [-0.39, 0.29) is 5.75 Å². The number of benzene rings is 1. The number of nitrogens with zero attached hydrogens (tertiary/aromatic N) is 1. The second-order valence-electron chi connectivity index (χ2n) is 4.04. The molecule has 2 aromatic rings. The molecule has 2 rings (SSSR count). The van der Waals surface area contributed by atoms with E-state index < -0.39 is 11.9 Å². The fourth-order valence-electron chi connectivity index (χ4n) is 1.82. The van der Waals surface area contributed by atoms with E-state index in [4.69, 9.17) is 10.5 Å². The molecule has 1 aromatic heterocycles. The molecule has 0 aliphatic heterocycles. The van der Waals surface area contributed by atoms with Gasteiger partial charge in [-0.25, -0.2) is 4.39 Å². The van der Waals surface area contributed by atoms with Crippen molar-refractivity contribution in [3.8, 4) is 5.75 Å². The number of methoxy groups -OCH3 is 1. The lowest BCUT2D eigenvalue weighted by molar-refractivity contribution is 0.383. The van der Waals surface area contributed by atoms with Crippen LogP contribution in [0.2, 0.25) is 0 Å². The first-order valence-corrected chi connectivity index (χ1v) is 5.65. The van der Waals surface area contributed by atoms with E-state index in [1.54, 1.807) is 24.3 Å². The Bertz CT molecular complexity index is 557. The first-order valence-electron chi connectivity index (χ1n) is 5.65. The molecule has 1 heterocycles. The van der Waals surface area contributed by atoms with Gasteiger partial charge in [-0.05, 0) is 25.1 Å². The Hall–Kier alpha value is -1.94. The van der Waals surface area contributed by atoms with Crippen LogP contribution in [-0.2, 0) is 0 Å². The highest BCUT2D eigenvalue weighted by atomic mass is 19.1. The lowest BCUT2D eigenvalue weighted by Gasteiger charge is -2.14. The SMILES string of the molecule is COc1cccc(C(N)c2cccc(C)n2)c1F. The summed E-state index contributed by atoms with van der Waals surface area (Å²) in [7, 11) is 1.43. The van der Waals surface area contributed by atoms with Crippen molar-refractivity contribution in [2.45, 2.75) is 13.0 Å². The van der Waals surface area contributed by atoms with E-state index in [1.165, 1.54) is 7.11 Å². The van der Waals surface area contributed by atoms with E-state index >= 15 is 0 Å². The van der Waals surface area contributed by atoms with Crippen molar-refractivity contribution in [2.24, 2.45) is 5.73 Å². The van der Waals surface area contributed by atoms with Crippen LogP contribution in [0.5, 0.6) is 5.75 Å². The number of hydrogen-bond donors (Lipinski definition) is 1. The van der Waals surface area contributed by atoms with E-state index in [0.717, 1.165) is 5.69 Å². The zero-order chi connectivity index (χ0) is 13.1. The van der Waals surface area contributed by atoms with E-state index in [9.17, 15) is 4.39 Å². The minimum absolute atomic E-state index is 0.190. The topological polar surface area (TPSA) is 48.1 Å². The first-order chi connectivity index (χ1) is 8.63. The Morgan fingerprint density at radius 3 is 2.61 bits per heavy atom. The van der Waals surface area contributed by atoms with Crippen molar-refractivity contribution in [2.75, 3.05) is 7.11 Å². The fraction of sp³-hybridized carbons (Fsp3) is 0.214. The Morgan fingerprint density at radius 2 is 1.94 bits per heavy atom. The van der Waals surface area contributed by atoms with E-state index in [0.29, 0.717) is 11.3 Å². The van der Waals surface area contributed by atoms with Gasteiger partial charge in [-0.15, -0.1) is 0 Å². The third-order valence-corrected chi connectivity index (χ3v) is 2.78. The Morgan fingerprint density at radius 1 is 1.22 bits per heavy atom. The number of aromatic nitrogens is 1. The summed E-state index contributed by atoms with van der Waals surface area (Å²) in [5, 5.41) is 0. The largest absolute Gasteiger partial charge is 0.494 e. The average Bonchev–Trinajstić information content (AvgIpc) is 2.38. The van der Waals surface area contributed by atoms with Crippen molar-refractivity contribution in [3.05, 3.63) is 59.2 Å². The number of pyridine rings is 1. The standard InChI is InChI=1S/C14H15FN2O/c1-9-5-3-7-11(17-9)14(16)10-6-4-8-12(18-2)13(10)15/h3-8,14H,16H2,1-2H3. The van der Waals surface area contributed by atoms with E-state index in [2.05, 4.69) is 4.98 Å². The zero-order valence-corrected chi connectivity index (χ0v) is 10.4. The molecule has 0 saturated heterocycles. The van der Waals surface area contributed by atoms with Gasteiger partial charge >= 0.3 is 0 Å². The van der Waals surface area contributed by atoms with Crippen LogP contribution in [0, 0.1) is 12.7 Å². The third kappa shape index (κ3) is 2.33. The van der Waals surface area contributed by atoms with Crippen molar-refractivity contribution >= 4 is 0 Å². The summed E-state index contributed by atoms with van der Waals surface area (Å²) >= 11 is 0. The second-order valence-corrected chi connectivity index (χ2v) is 4.04. The molecule has 1 aromatic carbocycles. The molecule has 94 valence electrons. The fourth-order valence-corrected chi connectivity index (χ4v) is 1.82. The van der Waals surface area contributed by atoms with Crippen LogP contribution in [0.1, 0.15) is 23.0 Å². The van der Waals surface area contributed by atoms with Gasteiger partial charge in [0.25, 0.3) is 0 Å². The normalized spacial score (nSPS) is 12.2. The van der Waals surface area contributed by atoms with Gasteiger partial charge in [0.15, 0.2) is 11.6 Å². The Kier molecular flexibility index (Phi) is 3.58. The number of nitrogens with two attached hydrogens (primary N) is 1. The van der Waals surface area contributed by atoms with E-state index in [1.807, 2.05) is 19.1 Å². The van der Waals surface area contributed by atoms with Gasteiger partial charge in [0, 0.05) is 11.3 Å². The number of aryl methyl sites for hydroxylation is 1. The number of rotatable bonds is 3. The Balaban J connectivity index is 2.43. The van der Waals surface area contributed by atoms with Crippen molar-refractivity contribution in [1.29, 1.82) is 0 Å². The molecule has 1 unspecified atom stereocenters. The molecule has 3 nitrogen and oxygen atoms in total. The number of halogens is 1. The van der Waals surface area contributed by atoms with Gasteiger partial charge in [0.1, 0.15) is 0 Å². The maximum absolute atomic E-state index is 14.1. The van der Waals surface area contributed by atoms with Crippen LogP contribution >= 0.6 is 0 Å². The van der Waals surface area contributed by atoms with Crippen molar-refractivity contribution < 1.29 is 9.13 Å². The summed E-state index contributed by atoms with van der Waals surface area (Å²) in [5.41, 5.74) is 7.93. The van der Waals surface area contributed by atoms with Crippen LogP contribution in [0.25, 0.3) is 0 Å². The maximum atomic E-state index is 14.1. The molecule has 0 saturated carbocycles. The summed E-state index contributed by atoms with van der Waals surface area (Å²) in [6.45, 7) is 1.87. The van der Waals surface area contributed by atoms with Crippen LogP contribution in [0.4, 0.5) is 4.39 Å². The average molecular weight is 246 g/mol. The smallest absolute Gasteiger partial charge is 0.170 e. The van der Waals surface area contributed by atoms with Gasteiger partial charge in [-0.2, -0.15) is 0 Å². The molecule has 0 radical (unpaired) electrons. The monoisotopic (exact) mass is 246 g/mol. The summed E-state index contributed by atoms with van der Waals surface area (Å²) in [5.74, 6) is -0.244. The third-order valence-electron chi connectivity index (χ3n) is 2.78. The summed E-state index contributed by atoms with van der Waals surface area (Å²) in [4.78, 5) is 4.31. The van der Waals surface area contributed by atoms with Gasteiger partial charge < -0.3 is 10.5 Å². The molecule has 0 amide bonds. The predicted molar refractivity (Wildman–Crippen MR) is 68.0 cm³/mol. The predicted octanol–water partition coefficient (Wildman–Crippen LogP) is 2.59. The van der Waals surface area contributed by atoms with Crippen LogP contribution in [0.15, 0.2) is 36.4 Å². The van der Waals surface area contributed by atoms with Gasteiger partial charge in [0.2, 0.25) is 0 Å². The summed E-state index contributed by atoms with van der Waals surface area (Å²) < 4.78 is 19.0. The zero-order valence-electron chi connectivity index (χ0n) is 10.4.